The van der Waals surface area contributed by atoms with Gasteiger partial charge in [0.2, 0.25) is 0 Å². The highest BCUT2D eigenvalue weighted by atomic mass is 31.2. The summed E-state index contributed by atoms with van der Waals surface area (Å²) < 4.78 is 20.5. The summed E-state index contributed by atoms with van der Waals surface area (Å²) in [4.78, 5) is 9.08. The second-order valence-electron chi connectivity index (χ2n) is 2.84. The van der Waals surface area contributed by atoms with E-state index >= 15 is 0 Å². The summed E-state index contributed by atoms with van der Waals surface area (Å²) >= 11 is 0. The van der Waals surface area contributed by atoms with Crippen LogP contribution in [0.5, 0.6) is 0 Å². The molecule has 0 aliphatic heterocycles. The summed E-state index contributed by atoms with van der Waals surface area (Å²) in [6.45, 7) is 4.56. The fourth-order valence-electron chi connectivity index (χ4n) is 0.686. The van der Waals surface area contributed by atoms with Crippen molar-refractivity contribution in [1.29, 1.82) is 0 Å². The van der Waals surface area contributed by atoms with E-state index < -0.39 is 7.82 Å². The molecule has 4 nitrogen and oxygen atoms in total. The number of phosphoric ester groups is 1. The Labute approximate surface area is 96.7 Å². The first-order valence-corrected chi connectivity index (χ1v) is 6.23. The van der Waals surface area contributed by atoms with E-state index in [1.807, 2.05) is 13.8 Å². The number of phosphoric acid groups is 1. The van der Waals surface area contributed by atoms with Gasteiger partial charge in [-0.2, -0.15) is 0 Å². The van der Waals surface area contributed by atoms with Crippen LogP contribution in [-0.4, -0.2) is 35.5 Å². The van der Waals surface area contributed by atoms with Crippen molar-refractivity contribution in [2.45, 2.75) is 39.5 Å². The van der Waals surface area contributed by atoms with Crippen LogP contribution in [-0.2, 0) is 13.6 Å². The zero-order chi connectivity index (χ0) is 10.2. The van der Waals surface area contributed by atoms with Crippen molar-refractivity contribution in [2.75, 3.05) is 13.2 Å². The SMILES string of the molecule is CCCCOP(=O)(O)OCCCC.[AlH3]. The molecule has 0 bridgehead atoms. The lowest BCUT2D eigenvalue weighted by molar-refractivity contribution is 0.146. The largest absolute Gasteiger partial charge is 0.472 e. The predicted octanol–water partition coefficient (Wildman–Crippen LogP) is 1.54. The highest BCUT2D eigenvalue weighted by Crippen LogP contribution is 2.43. The Bertz CT molecular complexity index is 151. The van der Waals surface area contributed by atoms with Crippen LogP contribution in [0.15, 0.2) is 0 Å². The van der Waals surface area contributed by atoms with Crippen molar-refractivity contribution >= 4 is 25.2 Å². The molecule has 0 aromatic rings. The molecular weight excluding hydrogens is 218 g/mol. The summed E-state index contributed by atoms with van der Waals surface area (Å²) in [6.07, 6.45) is 3.44. The van der Waals surface area contributed by atoms with Gasteiger partial charge in [-0.1, -0.05) is 26.7 Å². The smallest absolute Gasteiger partial charge is 0.302 e. The van der Waals surface area contributed by atoms with E-state index in [0.29, 0.717) is 0 Å². The molecule has 14 heavy (non-hydrogen) atoms. The van der Waals surface area contributed by atoms with E-state index in [-0.39, 0.29) is 30.6 Å². The Kier molecular flexibility index (Phi) is 12.4. The zero-order valence-corrected chi connectivity index (χ0v) is 9.26. The standard InChI is InChI=1S/C8H19O4P.Al.3H/c1-3-5-7-11-13(9,10)12-8-6-4-2;;;;/h3-8H2,1-2H3,(H,9,10);;;;. The van der Waals surface area contributed by atoms with Crippen molar-refractivity contribution in [3.63, 3.8) is 0 Å². The van der Waals surface area contributed by atoms with Crippen LogP contribution in [0, 0.1) is 0 Å². The Morgan fingerprint density at radius 2 is 1.43 bits per heavy atom. The lowest BCUT2D eigenvalue weighted by atomic mass is 10.4. The number of unbranched alkanes of at least 4 members (excludes halogenated alkanes) is 2. The first kappa shape index (κ1) is 17.1. The fourth-order valence-corrected chi connectivity index (χ4v) is 1.48. The molecule has 0 unspecified atom stereocenters. The van der Waals surface area contributed by atoms with E-state index in [9.17, 15) is 4.57 Å². The molecule has 0 aliphatic carbocycles. The minimum atomic E-state index is -3.75. The van der Waals surface area contributed by atoms with E-state index in [2.05, 4.69) is 0 Å². The fraction of sp³-hybridized carbons (Fsp3) is 1.00. The Balaban J connectivity index is 0. The molecule has 0 saturated heterocycles. The Morgan fingerprint density at radius 3 is 1.71 bits per heavy atom. The average molecular weight is 240 g/mol. The molecule has 0 radical (unpaired) electrons. The highest BCUT2D eigenvalue weighted by Gasteiger charge is 2.19. The molecule has 0 saturated carbocycles. The van der Waals surface area contributed by atoms with E-state index in [4.69, 9.17) is 13.9 Å². The van der Waals surface area contributed by atoms with Gasteiger partial charge in [0.15, 0.2) is 17.4 Å². The van der Waals surface area contributed by atoms with Crippen LogP contribution >= 0.6 is 7.82 Å². The van der Waals surface area contributed by atoms with Crippen molar-refractivity contribution in [3.05, 3.63) is 0 Å². The molecule has 0 aromatic heterocycles. The molecule has 0 fully saturated rings. The molecule has 0 atom stereocenters. The number of hydrogen-bond acceptors (Lipinski definition) is 3. The summed E-state index contributed by atoms with van der Waals surface area (Å²) in [5.74, 6) is 0. The molecule has 0 heterocycles. The Hall–Kier alpha value is 0.642. The van der Waals surface area contributed by atoms with Crippen LogP contribution in [0.4, 0.5) is 0 Å². The third-order valence-electron chi connectivity index (χ3n) is 1.50. The molecule has 86 valence electrons. The third-order valence-corrected chi connectivity index (χ3v) is 2.52. The van der Waals surface area contributed by atoms with Gasteiger partial charge in [0.25, 0.3) is 0 Å². The van der Waals surface area contributed by atoms with Gasteiger partial charge in [-0.05, 0) is 12.8 Å². The van der Waals surface area contributed by atoms with Gasteiger partial charge in [0, 0.05) is 0 Å². The maximum Gasteiger partial charge on any atom is 0.472 e. The molecule has 0 aromatic carbocycles. The summed E-state index contributed by atoms with van der Waals surface area (Å²) in [6, 6.07) is 0. The third kappa shape index (κ3) is 10.7. The normalized spacial score (nSPS) is 11.1. The van der Waals surface area contributed by atoms with Crippen LogP contribution in [0.3, 0.4) is 0 Å². The lowest BCUT2D eigenvalue weighted by Gasteiger charge is -2.10. The highest BCUT2D eigenvalue weighted by molar-refractivity contribution is 7.47. The van der Waals surface area contributed by atoms with Crippen LogP contribution in [0.1, 0.15) is 39.5 Å². The lowest BCUT2D eigenvalue weighted by Crippen LogP contribution is -1.98. The molecular formula is C8H22AlO4P. The van der Waals surface area contributed by atoms with Gasteiger partial charge >= 0.3 is 7.82 Å². The number of hydrogen-bond donors (Lipinski definition) is 1. The van der Waals surface area contributed by atoms with E-state index in [1.54, 1.807) is 0 Å². The minimum Gasteiger partial charge on any atom is -0.302 e. The van der Waals surface area contributed by atoms with Gasteiger partial charge in [-0.3, -0.25) is 9.05 Å². The quantitative estimate of drug-likeness (QED) is 0.397. The van der Waals surface area contributed by atoms with Gasteiger partial charge in [-0.25, -0.2) is 4.57 Å². The first-order chi connectivity index (χ1) is 6.12. The monoisotopic (exact) mass is 240 g/mol. The molecule has 0 spiro atoms. The van der Waals surface area contributed by atoms with Gasteiger partial charge < -0.3 is 4.89 Å². The number of rotatable bonds is 8. The van der Waals surface area contributed by atoms with Crippen LogP contribution < -0.4 is 0 Å². The average Bonchev–Trinajstić information content (AvgIpc) is 2.05. The van der Waals surface area contributed by atoms with Gasteiger partial charge in [0.05, 0.1) is 13.2 Å². The molecule has 0 rings (SSSR count). The van der Waals surface area contributed by atoms with Crippen molar-refractivity contribution in [2.24, 2.45) is 0 Å². The predicted molar refractivity (Wildman–Crippen MR) is 61.5 cm³/mol. The van der Waals surface area contributed by atoms with Gasteiger partial charge in [-0.15, -0.1) is 0 Å². The second-order valence-corrected chi connectivity index (χ2v) is 4.30. The second kappa shape index (κ2) is 10.2. The molecule has 6 heteroatoms. The van der Waals surface area contributed by atoms with E-state index in [1.165, 1.54) is 0 Å². The van der Waals surface area contributed by atoms with Crippen molar-refractivity contribution < 1.29 is 18.5 Å². The topological polar surface area (TPSA) is 55.8 Å². The van der Waals surface area contributed by atoms with Crippen LogP contribution in [0.2, 0.25) is 0 Å². The van der Waals surface area contributed by atoms with Crippen LogP contribution in [0.25, 0.3) is 0 Å². The van der Waals surface area contributed by atoms with E-state index in [0.717, 1.165) is 25.7 Å². The molecule has 0 aliphatic rings. The maximum absolute atomic E-state index is 11.1. The first-order valence-electron chi connectivity index (χ1n) is 4.74. The molecule has 0 amide bonds. The van der Waals surface area contributed by atoms with Crippen molar-refractivity contribution in [3.8, 4) is 0 Å². The molecule has 1 N–H and O–H groups in total. The van der Waals surface area contributed by atoms with Gasteiger partial charge in [0.1, 0.15) is 0 Å². The zero-order valence-electron chi connectivity index (χ0n) is 8.36. The van der Waals surface area contributed by atoms with Crippen molar-refractivity contribution in [1.82, 2.24) is 0 Å². The summed E-state index contributed by atoms with van der Waals surface area (Å²) in [5, 5.41) is 0. The summed E-state index contributed by atoms with van der Waals surface area (Å²) in [7, 11) is -3.75. The summed E-state index contributed by atoms with van der Waals surface area (Å²) in [5.41, 5.74) is 0. The Morgan fingerprint density at radius 1 is 1.07 bits per heavy atom. The maximum atomic E-state index is 11.1. The minimum absolute atomic E-state index is 0.